The molecule has 0 aromatic rings. The molecule has 0 aliphatic carbocycles. The Kier molecular flexibility index (Phi) is 3.07. The minimum Gasteiger partial charge on any atom is -0.299 e. The summed E-state index contributed by atoms with van der Waals surface area (Å²) in [5, 5.41) is -0.884. The summed E-state index contributed by atoms with van der Waals surface area (Å²) < 4.78 is 22.4. The lowest BCUT2D eigenvalue weighted by atomic mass is 9.90. The van der Waals surface area contributed by atoms with Gasteiger partial charge in [0.2, 0.25) is 0 Å². The fourth-order valence-corrected chi connectivity index (χ4v) is 3.44. The number of hydrogen-bond donors (Lipinski definition) is 0. The topological polar surface area (TPSA) is 51.2 Å². The van der Waals surface area contributed by atoms with E-state index in [9.17, 15) is 13.2 Å². The Morgan fingerprint density at radius 2 is 1.58 bits per heavy atom. The van der Waals surface area contributed by atoms with Gasteiger partial charge in [-0.2, -0.15) is 0 Å². The SMILES string of the molecule is CC(=O)C(C(C)(C)C)S(C)(=O)=O. The molecule has 0 aromatic heterocycles. The predicted octanol–water partition coefficient (Wildman–Crippen LogP) is 1.03. The Morgan fingerprint density at radius 3 is 1.58 bits per heavy atom. The van der Waals surface area contributed by atoms with Crippen molar-refractivity contribution in [2.45, 2.75) is 32.9 Å². The average molecular weight is 192 g/mol. The van der Waals surface area contributed by atoms with Crippen molar-refractivity contribution in [3.63, 3.8) is 0 Å². The molecule has 0 saturated heterocycles. The molecule has 0 fully saturated rings. The van der Waals surface area contributed by atoms with E-state index in [2.05, 4.69) is 0 Å². The minimum atomic E-state index is -3.27. The van der Waals surface area contributed by atoms with Gasteiger partial charge < -0.3 is 0 Å². The first kappa shape index (κ1) is 11.6. The van der Waals surface area contributed by atoms with E-state index < -0.39 is 20.5 Å². The molecular formula is C8H16O3S. The van der Waals surface area contributed by atoms with E-state index in [0.717, 1.165) is 6.26 Å². The van der Waals surface area contributed by atoms with Crippen LogP contribution in [0.3, 0.4) is 0 Å². The molecule has 72 valence electrons. The van der Waals surface area contributed by atoms with Gasteiger partial charge in [0.05, 0.1) is 0 Å². The molecule has 0 N–H and O–H groups in total. The van der Waals surface area contributed by atoms with Crippen LogP contribution in [0.15, 0.2) is 0 Å². The molecule has 0 heterocycles. The lowest BCUT2D eigenvalue weighted by Crippen LogP contribution is -2.39. The number of carbonyl (C=O) groups excluding carboxylic acids is 1. The van der Waals surface area contributed by atoms with Gasteiger partial charge in [-0.05, 0) is 12.3 Å². The first-order valence-electron chi connectivity index (χ1n) is 3.76. The molecule has 12 heavy (non-hydrogen) atoms. The van der Waals surface area contributed by atoms with E-state index in [-0.39, 0.29) is 5.78 Å². The molecule has 0 aliphatic heterocycles. The molecule has 1 atom stereocenters. The van der Waals surface area contributed by atoms with Crippen molar-refractivity contribution in [2.75, 3.05) is 6.26 Å². The van der Waals surface area contributed by atoms with Gasteiger partial charge in [0.1, 0.15) is 11.0 Å². The van der Waals surface area contributed by atoms with Crippen LogP contribution in [0.5, 0.6) is 0 Å². The summed E-state index contributed by atoms with van der Waals surface area (Å²) in [6.45, 7) is 6.57. The molecule has 0 amide bonds. The summed E-state index contributed by atoms with van der Waals surface area (Å²) in [6.07, 6.45) is 1.10. The highest BCUT2D eigenvalue weighted by Crippen LogP contribution is 2.25. The van der Waals surface area contributed by atoms with E-state index >= 15 is 0 Å². The summed E-state index contributed by atoms with van der Waals surface area (Å²) in [5.74, 6) is -0.287. The van der Waals surface area contributed by atoms with Crippen molar-refractivity contribution in [2.24, 2.45) is 5.41 Å². The van der Waals surface area contributed by atoms with Crippen LogP contribution in [0.4, 0.5) is 0 Å². The van der Waals surface area contributed by atoms with E-state index in [1.54, 1.807) is 20.8 Å². The van der Waals surface area contributed by atoms with E-state index in [0.29, 0.717) is 0 Å². The third kappa shape index (κ3) is 2.93. The van der Waals surface area contributed by atoms with Gasteiger partial charge in [-0.1, -0.05) is 20.8 Å². The lowest BCUT2D eigenvalue weighted by Gasteiger charge is -2.26. The van der Waals surface area contributed by atoms with Crippen molar-refractivity contribution in [1.29, 1.82) is 0 Å². The van der Waals surface area contributed by atoms with Crippen LogP contribution >= 0.6 is 0 Å². The van der Waals surface area contributed by atoms with Gasteiger partial charge in [0.25, 0.3) is 0 Å². The Balaban J connectivity index is 5.11. The zero-order valence-corrected chi connectivity index (χ0v) is 9.03. The Morgan fingerprint density at radius 1 is 1.25 bits per heavy atom. The Labute approximate surface area is 74.1 Å². The van der Waals surface area contributed by atoms with Crippen LogP contribution in [0, 0.1) is 5.41 Å². The second-order valence-electron chi connectivity index (χ2n) is 4.19. The van der Waals surface area contributed by atoms with Crippen LogP contribution in [-0.4, -0.2) is 25.7 Å². The molecular weight excluding hydrogens is 176 g/mol. The van der Waals surface area contributed by atoms with Gasteiger partial charge in [0.15, 0.2) is 9.84 Å². The Bertz CT molecular complexity index is 269. The monoisotopic (exact) mass is 192 g/mol. The first-order chi connectivity index (χ1) is 5.07. The van der Waals surface area contributed by atoms with Crippen molar-refractivity contribution in [3.8, 4) is 0 Å². The molecule has 1 unspecified atom stereocenters. The van der Waals surface area contributed by atoms with E-state index in [1.807, 2.05) is 0 Å². The second kappa shape index (κ2) is 3.17. The molecule has 0 saturated carbocycles. The number of Topliss-reactive ketones (excluding diaryl/α,β-unsaturated/α-hetero) is 1. The summed E-state index contributed by atoms with van der Waals surface area (Å²) in [7, 11) is -3.27. The molecule has 0 spiro atoms. The number of carbonyl (C=O) groups is 1. The number of ketones is 1. The van der Waals surface area contributed by atoms with Crippen LogP contribution in [0.2, 0.25) is 0 Å². The predicted molar refractivity (Wildman–Crippen MR) is 48.8 cm³/mol. The largest absolute Gasteiger partial charge is 0.299 e. The molecule has 0 aromatic carbocycles. The molecule has 0 rings (SSSR count). The summed E-state index contributed by atoms with van der Waals surface area (Å²) in [5.41, 5.74) is -0.514. The fourth-order valence-electron chi connectivity index (χ4n) is 1.55. The number of hydrogen-bond acceptors (Lipinski definition) is 3. The number of rotatable bonds is 2. The fraction of sp³-hybridized carbons (Fsp3) is 0.875. The van der Waals surface area contributed by atoms with Gasteiger partial charge in [-0.25, -0.2) is 8.42 Å². The molecule has 4 heteroatoms. The van der Waals surface area contributed by atoms with Crippen LogP contribution in [0.1, 0.15) is 27.7 Å². The minimum absolute atomic E-state index is 0.287. The van der Waals surface area contributed by atoms with Gasteiger partial charge >= 0.3 is 0 Å². The van der Waals surface area contributed by atoms with Gasteiger partial charge in [-0.3, -0.25) is 4.79 Å². The van der Waals surface area contributed by atoms with Crippen LogP contribution < -0.4 is 0 Å². The molecule has 0 aliphatic rings. The zero-order chi connectivity index (χ0) is 10.2. The lowest BCUT2D eigenvalue weighted by molar-refractivity contribution is -0.118. The van der Waals surface area contributed by atoms with Crippen molar-refractivity contribution in [1.82, 2.24) is 0 Å². The van der Waals surface area contributed by atoms with Gasteiger partial charge in [0, 0.05) is 6.26 Å². The summed E-state index contributed by atoms with van der Waals surface area (Å²) in [4.78, 5) is 11.1. The summed E-state index contributed by atoms with van der Waals surface area (Å²) >= 11 is 0. The highest BCUT2D eigenvalue weighted by molar-refractivity contribution is 7.92. The third-order valence-electron chi connectivity index (χ3n) is 1.58. The second-order valence-corrected chi connectivity index (χ2v) is 6.32. The molecule has 0 radical (unpaired) electrons. The maximum Gasteiger partial charge on any atom is 0.157 e. The van der Waals surface area contributed by atoms with Crippen molar-refractivity contribution < 1.29 is 13.2 Å². The smallest absolute Gasteiger partial charge is 0.157 e. The maximum absolute atomic E-state index is 11.2. The Hall–Kier alpha value is -0.380. The average Bonchev–Trinajstić information content (AvgIpc) is 1.49. The zero-order valence-electron chi connectivity index (χ0n) is 8.21. The highest BCUT2D eigenvalue weighted by Gasteiger charge is 2.36. The van der Waals surface area contributed by atoms with Crippen molar-refractivity contribution in [3.05, 3.63) is 0 Å². The summed E-state index contributed by atoms with van der Waals surface area (Å²) in [6, 6.07) is 0. The van der Waals surface area contributed by atoms with Crippen molar-refractivity contribution >= 4 is 15.6 Å². The maximum atomic E-state index is 11.2. The van der Waals surface area contributed by atoms with E-state index in [1.165, 1.54) is 6.92 Å². The normalized spacial score (nSPS) is 15.8. The molecule has 3 nitrogen and oxygen atoms in total. The standard InChI is InChI=1S/C8H16O3S/c1-6(9)7(8(2,3)4)12(5,10)11/h7H,1-5H3. The quantitative estimate of drug-likeness (QED) is 0.656. The number of sulfone groups is 1. The van der Waals surface area contributed by atoms with Gasteiger partial charge in [-0.15, -0.1) is 0 Å². The van der Waals surface area contributed by atoms with Crippen LogP contribution in [0.25, 0.3) is 0 Å². The highest BCUT2D eigenvalue weighted by atomic mass is 32.2. The third-order valence-corrected chi connectivity index (χ3v) is 3.48. The van der Waals surface area contributed by atoms with Crippen LogP contribution in [-0.2, 0) is 14.6 Å². The molecule has 0 bridgehead atoms. The first-order valence-corrected chi connectivity index (χ1v) is 5.71. The van der Waals surface area contributed by atoms with E-state index in [4.69, 9.17) is 0 Å².